The first-order valence-electron chi connectivity index (χ1n) is 7.92. The topological polar surface area (TPSA) is 17.1 Å². The van der Waals surface area contributed by atoms with Gasteiger partial charge in [-0.1, -0.05) is 31.6 Å². The lowest BCUT2D eigenvalue weighted by Crippen LogP contribution is -2.25. The Bertz CT molecular complexity index is 295. The molecule has 1 aliphatic carbocycles. The first-order valence-corrected chi connectivity index (χ1v) is 7.92. The highest BCUT2D eigenvalue weighted by molar-refractivity contribution is 5.79. The number of carbonyl (C=O) groups excluding carboxylic acids is 1. The van der Waals surface area contributed by atoms with E-state index in [-0.39, 0.29) is 0 Å². The van der Waals surface area contributed by atoms with Crippen molar-refractivity contribution in [3.05, 3.63) is 38.0 Å². The fourth-order valence-electron chi connectivity index (χ4n) is 2.65. The Kier molecular flexibility index (Phi) is 11.0. The van der Waals surface area contributed by atoms with Gasteiger partial charge < -0.3 is 0 Å². The molecule has 0 N–H and O–H groups in total. The van der Waals surface area contributed by atoms with Gasteiger partial charge in [-0.05, 0) is 50.4 Å². The van der Waals surface area contributed by atoms with Crippen LogP contribution < -0.4 is 0 Å². The molecule has 1 atom stereocenters. The highest BCUT2D eigenvalue weighted by Gasteiger charge is 2.30. The summed E-state index contributed by atoms with van der Waals surface area (Å²) in [6.45, 7) is 13.1. The van der Waals surface area contributed by atoms with Crippen LogP contribution in [0.15, 0.2) is 38.0 Å². The molecule has 0 unspecified atom stereocenters. The molecular weight excluding hydrogens is 244 g/mol. The van der Waals surface area contributed by atoms with Crippen LogP contribution in [0.25, 0.3) is 0 Å². The molecular formula is C19H32O. The molecule has 0 aromatic rings. The van der Waals surface area contributed by atoms with Crippen molar-refractivity contribution in [3.63, 3.8) is 0 Å². The van der Waals surface area contributed by atoms with Crippen LogP contribution in [0.1, 0.15) is 71.1 Å². The van der Waals surface area contributed by atoms with E-state index in [1.165, 1.54) is 25.7 Å². The van der Waals surface area contributed by atoms with Gasteiger partial charge >= 0.3 is 0 Å². The van der Waals surface area contributed by atoms with Gasteiger partial charge in [0, 0.05) is 12.8 Å². The molecule has 0 radical (unpaired) electrons. The summed E-state index contributed by atoms with van der Waals surface area (Å²) in [4.78, 5) is 11.4. The van der Waals surface area contributed by atoms with Crippen molar-refractivity contribution in [2.24, 2.45) is 5.41 Å². The molecule has 0 spiro atoms. The first-order chi connectivity index (χ1) is 9.58. The fourth-order valence-corrected chi connectivity index (χ4v) is 2.65. The summed E-state index contributed by atoms with van der Waals surface area (Å²) in [5.74, 6) is 0.475. The third-order valence-electron chi connectivity index (χ3n) is 3.87. The van der Waals surface area contributed by atoms with Crippen LogP contribution in [0.4, 0.5) is 0 Å². The molecule has 1 saturated carbocycles. The van der Waals surface area contributed by atoms with Crippen molar-refractivity contribution in [1.29, 1.82) is 0 Å². The number of unbranched alkanes of at least 4 members (excludes halogenated alkanes) is 3. The van der Waals surface area contributed by atoms with E-state index in [2.05, 4.69) is 26.7 Å². The van der Waals surface area contributed by atoms with Crippen LogP contribution in [0.5, 0.6) is 0 Å². The monoisotopic (exact) mass is 276 g/mol. The zero-order valence-electron chi connectivity index (χ0n) is 13.3. The smallest absolute Gasteiger partial charge is 0.133 e. The van der Waals surface area contributed by atoms with Crippen molar-refractivity contribution < 1.29 is 4.79 Å². The maximum atomic E-state index is 11.4. The summed E-state index contributed by atoms with van der Waals surface area (Å²) in [6, 6.07) is 0. The molecule has 0 aliphatic heterocycles. The van der Waals surface area contributed by atoms with Crippen LogP contribution in [0, 0.1) is 5.41 Å². The lowest BCUT2D eigenvalue weighted by molar-refractivity contribution is -0.123. The fraction of sp³-hybridized carbons (Fsp3) is 0.632. The molecule has 0 aromatic carbocycles. The van der Waals surface area contributed by atoms with Crippen LogP contribution in [0.3, 0.4) is 0 Å². The standard InChI is InChI=1S/C13H22O.C6H10/c1-3-4-5-6-9-13(2)10-7-8-12(14)11-13;1-3-5-6-4-2/h3H,1,4-11H2,2H3;3-4H,1-2,5-6H2/t13-;/m1./s1. The Balaban J connectivity index is 0.000000511. The van der Waals surface area contributed by atoms with Crippen molar-refractivity contribution in [2.75, 3.05) is 0 Å². The Morgan fingerprint density at radius 1 is 1.05 bits per heavy atom. The van der Waals surface area contributed by atoms with Gasteiger partial charge in [0.15, 0.2) is 0 Å². The molecule has 20 heavy (non-hydrogen) atoms. The molecule has 1 fully saturated rings. The molecule has 1 aliphatic rings. The van der Waals surface area contributed by atoms with Gasteiger partial charge in [-0.15, -0.1) is 19.7 Å². The summed E-state index contributed by atoms with van der Waals surface area (Å²) in [5.41, 5.74) is 0.316. The van der Waals surface area contributed by atoms with Crippen molar-refractivity contribution in [2.45, 2.75) is 71.1 Å². The Morgan fingerprint density at radius 2 is 1.65 bits per heavy atom. The minimum Gasteiger partial charge on any atom is -0.300 e. The predicted molar refractivity (Wildman–Crippen MR) is 89.9 cm³/mol. The van der Waals surface area contributed by atoms with Gasteiger partial charge in [0.25, 0.3) is 0 Å². The number of allylic oxidation sites excluding steroid dienone is 3. The second-order valence-electron chi connectivity index (χ2n) is 6.07. The van der Waals surface area contributed by atoms with E-state index in [4.69, 9.17) is 0 Å². The van der Waals surface area contributed by atoms with Crippen molar-refractivity contribution in [1.82, 2.24) is 0 Å². The molecule has 0 aromatic heterocycles. The van der Waals surface area contributed by atoms with Gasteiger partial charge in [-0.25, -0.2) is 0 Å². The van der Waals surface area contributed by atoms with E-state index >= 15 is 0 Å². The predicted octanol–water partition coefficient (Wildman–Crippen LogP) is 6.02. The van der Waals surface area contributed by atoms with Crippen molar-refractivity contribution in [3.8, 4) is 0 Å². The molecule has 0 bridgehead atoms. The molecule has 1 nitrogen and oxygen atoms in total. The normalized spacial score (nSPS) is 21.6. The quantitative estimate of drug-likeness (QED) is 0.391. The van der Waals surface area contributed by atoms with E-state index in [1.807, 2.05) is 18.2 Å². The molecule has 1 heteroatoms. The largest absolute Gasteiger partial charge is 0.300 e. The minimum atomic E-state index is 0.316. The van der Waals surface area contributed by atoms with Gasteiger partial charge in [-0.3, -0.25) is 4.79 Å². The summed E-state index contributed by atoms with van der Waals surface area (Å²) >= 11 is 0. The van der Waals surface area contributed by atoms with E-state index in [0.717, 1.165) is 38.5 Å². The number of rotatable bonds is 8. The van der Waals surface area contributed by atoms with E-state index in [0.29, 0.717) is 11.2 Å². The second-order valence-corrected chi connectivity index (χ2v) is 6.07. The Labute approximate surface area is 125 Å². The second kappa shape index (κ2) is 11.7. The molecule has 0 saturated heterocycles. The average molecular weight is 276 g/mol. The lowest BCUT2D eigenvalue weighted by Gasteiger charge is -2.32. The van der Waals surface area contributed by atoms with Crippen LogP contribution in [0.2, 0.25) is 0 Å². The van der Waals surface area contributed by atoms with E-state index < -0.39 is 0 Å². The van der Waals surface area contributed by atoms with Crippen LogP contribution in [-0.4, -0.2) is 5.78 Å². The van der Waals surface area contributed by atoms with Gasteiger partial charge in [0.2, 0.25) is 0 Å². The third-order valence-corrected chi connectivity index (χ3v) is 3.87. The number of hydrogen-bond donors (Lipinski definition) is 0. The number of Topliss-reactive ketones (excluding diaryl/α,β-unsaturated/α-hetero) is 1. The molecule has 1 rings (SSSR count). The van der Waals surface area contributed by atoms with E-state index in [1.54, 1.807) is 0 Å². The summed E-state index contributed by atoms with van der Waals surface area (Å²) in [7, 11) is 0. The third kappa shape index (κ3) is 9.77. The zero-order valence-corrected chi connectivity index (χ0v) is 13.3. The Morgan fingerprint density at radius 3 is 2.15 bits per heavy atom. The van der Waals surface area contributed by atoms with Crippen molar-refractivity contribution >= 4 is 5.78 Å². The van der Waals surface area contributed by atoms with Crippen LogP contribution in [-0.2, 0) is 4.79 Å². The summed E-state index contributed by atoms with van der Waals surface area (Å²) < 4.78 is 0. The average Bonchev–Trinajstić information content (AvgIpc) is 2.42. The summed E-state index contributed by atoms with van der Waals surface area (Å²) in [5, 5.41) is 0. The first kappa shape index (κ1) is 18.9. The van der Waals surface area contributed by atoms with Gasteiger partial charge in [-0.2, -0.15) is 0 Å². The summed E-state index contributed by atoms with van der Waals surface area (Å²) in [6.07, 6.45) is 16.7. The zero-order chi connectivity index (χ0) is 15.3. The highest BCUT2D eigenvalue weighted by atomic mass is 16.1. The lowest BCUT2D eigenvalue weighted by atomic mass is 9.72. The SMILES string of the molecule is C=CCCC=C.C=CCCCC[C@]1(C)CCCC(=O)C1. The van der Waals surface area contributed by atoms with Gasteiger partial charge in [0.1, 0.15) is 5.78 Å². The molecule has 0 amide bonds. The Hall–Kier alpha value is -1.11. The number of ketones is 1. The van der Waals surface area contributed by atoms with Gasteiger partial charge in [0.05, 0.1) is 0 Å². The maximum Gasteiger partial charge on any atom is 0.133 e. The maximum absolute atomic E-state index is 11.4. The number of hydrogen-bond acceptors (Lipinski definition) is 1. The number of carbonyl (C=O) groups is 1. The van der Waals surface area contributed by atoms with Crippen LogP contribution >= 0.6 is 0 Å². The molecule has 114 valence electrons. The minimum absolute atomic E-state index is 0.316. The van der Waals surface area contributed by atoms with E-state index in [9.17, 15) is 4.79 Å². The highest BCUT2D eigenvalue weighted by Crippen LogP contribution is 2.38. The molecule has 0 heterocycles.